The van der Waals surface area contributed by atoms with Crippen molar-refractivity contribution in [2.24, 2.45) is 11.7 Å². The molecule has 0 saturated heterocycles. The third-order valence-electron chi connectivity index (χ3n) is 5.53. The van der Waals surface area contributed by atoms with Crippen molar-refractivity contribution >= 4 is 0 Å². The molecule has 0 aliphatic carbocycles. The van der Waals surface area contributed by atoms with Gasteiger partial charge in [-0.3, -0.25) is 0 Å². The summed E-state index contributed by atoms with van der Waals surface area (Å²) < 4.78 is 0. The van der Waals surface area contributed by atoms with Crippen LogP contribution in [0.4, 0.5) is 0 Å². The molecule has 0 spiro atoms. The van der Waals surface area contributed by atoms with E-state index in [9.17, 15) is 0 Å². The highest BCUT2D eigenvalue weighted by molar-refractivity contribution is 4.88. The summed E-state index contributed by atoms with van der Waals surface area (Å²) in [5.41, 5.74) is 6.66. The summed E-state index contributed by atoms with van der Waals surface area (Å²) in [5, 5.41) is 0. The van der Waals surface area contributed by atoms with Crippen molar-refractivity contribution in [1.29, 1.82) is 0 Å². The summed E-state index contributed by atoms with van der Waals surface area (Å²) in [7, 11) is 0. The number of unbranched alkanes of at least 4 members (excludes halogenated alkanes) is 9. The van der Waals surface area contributed by atoms with Gasteiger partial charge < -0.3 is 11.2 Å². The van der Waals surface area contributed by atoms with E-state index in [0.717, 1.165) is 18.8 Å². The van der Waals surface area contributed by atoms with Gasteiger partial charge in [0.05, 0.1) is 0 Å². The number of hydrogen-bond acceptors (Lipinski definition) is 1. The average Bonchev–Trinajstić information content (AvgIpc) is 2.52. The molecule has 0 aliphatic rings. The summed E-state index contributed by atoms with van der Waals surface area (Å²) >= 11 is 0. The molecule has 0 aliphatic heterocycles. The maximum Gasteiger partial charge on any atom is 0.0177 e. The lowest BCUT2D eigenvalue weighted by Crippen LogP contribution is -2.45. The molecule has 0 saturated carbocycles. The van der Waals surface area contributed by atoms with Gasteiger partial charge in [0.25, 0.3) is 0 Å². The van der Waals surface area contributed by atoms with E-state index in [-0.39, 0.29) is 11.0 Å². The zero-order valence-electron chi connectivity index (χ0n) is 16.1. The molecule has 2 heteroatoms. The van der Waals surface area contributed by atoms with Gasteiger partial charge >= 0.3 is 0 Å². The molecule has 0 rings (SSSR count). The van der Waals surface area contributed by atoms with Crippen LogP contribution in [0.1, 0.15) is 118 Å². The fraction of sp³-hybridized carbons (Fsp3) is 1.00. The van der Waals surface area contributed by atoms with Crippen LogP contribution in [0.3, 0.4) is 0 Å². The third-order valence-corrected chi connectivity index (χ3v) is 5.53. The molecule has 1 unspecified atom stereocenters. The molecule has 0 amide bonds. The minimum absolute atomic E-state index is 0. The van der Waals surface area contributed by atoms with Crippen LogP contribution in [0.15, 0.2) is 0 Å². The fourth-order valence-corrected chi connectivity index (χ4v) is 3.60. The monoisotopic (exact) mass is 315 g/mol. The first kappa shape index (κ1) is 24.2. The molecule has 1 atom stereocenters. The smallest absolute Gasteiger partial charge is 0.0177 e. The molecule has 2 nitrogen and oxygen atoms in total. The highest BCUT2D eigenvalue weighted by Crippen LogP contribution is 2.30. The van der Waals surface area contributed by atoms with Gasteiger partial charge in [-0.2, -0.15) is 0 Å². The maximum absolute atomic E-state index is 6.57. The van der Waals surface area contributed by atoms with Gasteiger partial charge in [-0.15, -0.1) is 0 Å². The van der Waals surface area contributed by atoms with Crippen LogP contribution in [0.25, 0.3) is 0 Å². The normalized spacial score (nSPS) is 13.0. The molecule has 0 radical (unpaired) electrons. The Hall–Kier alpha value is -0.0800. The Balaban J connectivity index is 0. The standard InChI is InChI=1S/C20H43N.H2O/c1-5-9-10-11-12-13-14-15-16-17-18-19(6-2)20(21,7-3)8-4;/h19H,5-18,21H2,1-4H3;1H2. The highest BCUT2D eigenvalue weighted by atomic mass is 16.0. The largest absolute Gasteiger partial charge is 0.412 e. The molecule has 0 aromatic carbocycles. The number of rotatable bonds is 15. The van der Waals surface area contributed by atoms with Crippen LogP contribution >= 0.6 is 0 Å². The van der Waals surface area contributed by atoms with Crippen molar-refractivity contribution in [3.05, 3.63) is 0 Å². The quantitative estimate of drug-likeness (QED) is 0.369. The molecule has 0 fully saturated rings. The van der Waals surface area contributed by atoms with Gasteiger partial charge in [0.2, 0.25) is 0 Å². The Kier molecular flexibility index (Phi) is 17.4. The summed E-state index contributed by atoms with van der Waals surface area (Å²) in [6.07, 6.45) is 19.1. The predicted octanol–water partition coefficient (Wildman–Crippen LogP) is 6.02. The predicted molar refractivity (Wildman–Crippen MR) is 101 cm³/mol. The first-order chi connectivity index (χ1) is 10.1. The zero-order chi connectivity index (χ0) is 16.0. The maximum atomic E-state index is 6.57. The van der Waals surface area contributed by atoms with Crippen molar-refractivity contribution in [2.45, 2.75) is 123 Å². The molecule has 4 N–H and O–H groups in total. The van der Waals surface area contributed by atoms with Gasteiger partial charge in [0, 0.05) is 5.54 Å². The van der Waals surface area contributed by atoms with Crippen LogP contribution in [0.2, 0.25) is 0 Å². The van der Waals surface area contributed by atoms with Gasteiger partial charge in [0.1, 0.15) is 0 Å². The Morgan fingerprint density at radius 2 is 1.09 bits per heavy atom. The molecular formula is C20H45NO. The molecular weight excluding hydrogens is 270 g/mol. The second-order valence-electron chi connectivity index (χ2n) is 7.02. The van der Waals surface area contributed by atoms with Crippen LogP contribution in [0, 0.1) is 5.92 Å². The van der Waals surface area contributed by atoms with Gasteiger partial charge in [0.15, 0.2) is 0 Å². The molecule has 0 aromatic heterocycles. The first-order valence-electron chi connectivity index (χ1n) is 9.93. The number of nitrogens with two attached hydrogens (primary N) is 1. The van der Waals surface area contributed by atoms with Crippen molar-refractivity contribution < 1.29 is 5.48 Å². The minimum Gasteiger partial charge on any atom is -0.412 e. The van der Waals surface area contributed by atoms with E-state index in [1.807, 2.05) is 0 Å². The van der Waals surface area contributed by atoms with Crippen molar-refractivity contribution in [3.63, 3.8) is 0 Å². The van der Waals surface area contributed by atoms with Crippen LogP contribution < -0.4 is 5.73 Å². The van der Waals surface area contributed by atoms with Gasteiger partial charge in [-0.25, -0.2) is 0 Å². The fourth-order valence-electron chi connectivity index (χ4n) is 3.60. The summed E-state index contributed by atoms with van der Waals surface area (Å²) in [6, 6.07) is 0. The molecule has 0 aromatic rings. The van der Waals surface area contributed by atoms with Gasteiger partial charge in [-0.1, -0.05) is 98.3 Å². The van der Waals surface area contributed by atoms with E-state index in [2.05, 4.69) is 27.7 Å². The van der Waals surface area contributed by atoms with E-state index in [1.54, 1.807) is 0 Å². The highest BCUT2D eigenvalue weighted by Gasteiger charge is 2.29. The Morgan fingerprint density at radius 3 is 1.45 bits per heavy atom. The SMILES string of the molecule is CCCCCCCCCCCCC(CC)C(N)(CC)CC.O. The van der Waals surface area contributed by atoms with Crippen molar-refractivity contribution in [2.75, 3.05) is 0 Å². The van der Waals surface area contributed by atoms with E-state index in [4.69, 9.17) is 5.73 Å². The Labute approximate surface area is 140 Å². The summed E-state index contributed by atoms with van der Waals surface area (Å²) in [5.74, 6) is 0.724. The zero-order valence-corrected chi connectivity index (χ0v) is 16.1. The average molecular weight is 316 g/mol. The Morgan fingerprint density at radius 1 is 0.682 bits per heavy atom. The van der Waals surface area contributed by atoms with Gasteiger partial charge in [-0.05, 0) is 25.2 Å². The van der Waals surface area contributed by atoms with E-state index < -0.39 is 0 Å². The third kappa shape index (κ3) is 10.6. The minimum atomic E-state index is 0. The molecule has 0 heterocycles. The van der Waals surface area contributed by atoms with E-state index in [0.29, 0.717) is 0 Å². The Bertz CT molecular complexity index is 214. The van der Waals surface area contributed by atoms with Crippen molar-refractivity contribution in [1.82, 2.24) is 0 Å². The van der Waals surface area contributed by atoms with Crippen LogP contribution in [0.5, 0.6) is 0 Å². The second kappa shape index (κ2) is 15.8. The molecule has 22 heavy (non-hydrogen) atoms. The van der Waals surface area contributed by atoms with Crippen LogP contribution in [-0.4, -0.2) is 11.0 Å². The second-order valence-corrected chi connectivity index (χ2v) is 7.02. The number of hydrogen-bond donors (Lipinski definition) is 1. The lowest BCUT2D eigenvalue weighted by molar-refractivity contribution is 0.225. The lowest BCUT2D eigenvalue weighted by Gasteiger charge is -2.36. The molecule has 136 valence electrons. The summed E-state index contributed by atoms with van der Waals surface area (Å²) in [6.45, 7) is 9.11. The van der Waals surface area contributed by atoms with Crippen molar-refractivity contribution in [3.8, 4) is 0 Å². The topological polar surface area (TPSA) is 57.5 Å². The molecule has 0 bridgehead atoms. The van der Waals surface area contributed by atoms with E-state index >= 15 is 0 Å². The lowest BCUT2D eigenvalue weighted by atomic mass is 9.76. The first-order valence-corrected chi connectivity index (χ1v) is 9.93. The summed E-state index contributed by atoms with van der Waals surface area (Å²) in [4.78, 5) is 0. The van der Waals surface area contributed by atoms with E-state index in [1.165, 1.54) is 77.0 Å². The van der Waals surface area contributed by atoms with Crippen LogP contribution in [-0.2, 0) is 0 Å².